The van der Waals surface area contributed by atoms with Crippen molar-refractivity contribution >= 4 is 23.0 Å². The molecule has 0 heterocycles. The SMILES string of the molecule is CCN(CCCN(C)C)c1cccc(Cl)c1[N+](=O)[O-]. The summed E-state index contributed by atoms with van der Waals surface area (Å²) in [5.74, 6) is 0. The van der Waals surface area contributed by atoms with Crippen LogP contribution in [-0.4, -0.2) is 43.6 Å². The molecule has 0 spiro atoms. The summed E-state index contributed by atoms with van der Waals surface area (Å²) in [7, 11) is 4.02. The summed E-state index contributed by atoms with van der Waals surface area (Å²) in [6, 6.07) is 5.05. The molecule has 0 radical (unpaired) electrons. The number of para-hydroxylation sites is 1. The van der Waals surface area contributed by atoms with Gasteiger partial charge in [0.05, 0.1) is 4.92 Å². The van der Waals surface area contributed by atoms with Gasteiger partial charge in [-0.25, -0.2) is 0 Å². The van der Waals surface area contributed by atoms with Crippen LogP contribution in [0.15, 0.2) is 18.2 Å². The third-order valence-corrected chi connectivity index (χ3v) is 3.21. The van der Waals surface area contributed by atoms with Crippen molar-refractivity contribution in [1.29, 1.82) is 0 Å². The number of rotatable bonds is 7. The predicted octanol–water partition coefficient (Wildman–Crippen LogP) is 3.03. The van der Waals surface area contributed by atoms with Gasteiger partial charge in [0.1, 0.15) is 10.7 Å². The molecule has 0 aliphatic rings. The average molecular weight is 286 g/mol. The first kappa shape index (κ1) is 15.7. The van der Waals surface area contributed by atoms with Gasteiger partial charge in [-0.15, -0.1) is 0 Å². The van der Waals surface area contributed by atoms with E-state index in [9.17, 15) is 10.1 Å². The maximum Gasteiger partial charge on any atom is 0.310 e. The van der Waals surface area contributed by atoms with Gasteiger partial charge in [-0.2, -0.15) is 0 Å². The summed E-state index contributed by atoms with van der Waals surface area (Å²) in [4.78, 5) is 14.8. The largest absolute Gasteiger partial charge is 0.366 e. The number of hydrogen-bond donors (Lipinski definition) is 0. The van der Waals surface area contributed by atoms with Gasteiger partial charge in [-0.05, 0) is 46.1 Å². The first-order valence-corrected chi connectivity index (χ1v) is 6.67. The van der Waals surface area contributed by atoms with Crippen LogP contribution >= 0.6 is 11.6 Å². The lowest BCUT2D eigenvalue weighted by Gasteiger charge is -2.23. The van der Waals surface area contributed by atoms with E-state index in [1.165, 1.54) is 0 Å². The molecule has 0 bridgehead atoms. The van der Waals surface area contributed by atoms with Crippen molar-refractivity contribution in [2.75, 3.05) is 38.6 Å². The van der Waals surface area contributed by atoms with Gasteiger partial charge in [0.2, 0.25) is 0 Å². The molecule has 0 aliphatic heterocycles. The number of halogens is 1. The molecule has 6 heteroatoms. The Labute approximate surface area is 118 Å². The minimum absolute atomic E-state index is 0.00382. The molecule has 1 rings (SSSR count). The topological polar surface area (TPSA) is 49.6 Å². The van der Waals surface area contributed by atoms with Crippen LogP contribution in [0.3, 0.4) is 0 Å². The van der Waals surface area contributed by atoms with E-state index < -0.39 is 4.92 Å². The zero-order chi connectivity index (χ0) is 14.4. The van der Waals surface area contributed by atoms with Gasteiger partial charge in [-0.3, -0.25) is 10.1 Å². The lowest BCUT2D eigenvalue weighted by Crippen LogP contribution is -2.27. The summed E-state index contributed by atoms with van der Waals surface area (Å²) in [6.45, 7) is 4.43. The fraction of sp³-hybridized carbons (Fsp3) is 0.538. The van der Waals surface area contributed by atoms with Crippen molar-refractivity contribution in [2.45, 2.75) is 13.3 Å². The van der Waals surface area contributed by atoms with Gasteiger partial charge in [0, 0.05) is 13.1 Å². The maximum absolute atomic E-state index is 11.1. The highest BCUT2D eigenvalue weighted by Gasteiger charge is 2.21. The van der Waals surface area contributed by atoms with Crippen molar-refractivity contribution in [3.63, 3.8) is 0 Å². The van der Waals surface area contributed by atoms with E-state index in [-0.39, 0.29) is 10.7 Å². The third-order valence-electron chi connectivity index (χ3n) is 2.90. The summed E-state index contributed by atoms with van der Waals surface area (Å²) in [5.41, 5.74) is 0.592. The zero-order valence-corrected chi connectivity index (χ0v) is 12.4. The van der Waals surface area contributed by atoms with Crippen LogP contribution in [0.2, 0.25) is 5.02 Å². The van der Waals surface area contributed by atoms with E-state index in [1.807, 2.05) is 25.9 Å². The van der Waals surface area contributed by atoms with E-state index >= 15 is 0 Å². The molecule has 0 saturated carbocycles. The Hall–Kier alpha value is -1.33. The monoisotopic (exact) mass is 285 g/mol. The lowest BCUT2D eigenvalue weighted by atomic mass is 10.2. The Bertz CT molecular complexity index is 438. The number of anilines is 1. The molecule has 0 N–H and O–H groups in total. The number of nitro groups is 1. The number of nitrogens with zero attached hydrogens (tertiary/aromatic N) is 3. The third kappa shape index (κ3) is 4.36. The molecule has 0 saturated heterocycles. The Morgan fingerprint density at radius 1 is 1.32 bits per heavy atom. The van der Waals surface area contributed by atoms with Gasteiger partial charge >= 0.3 is 5.69 Å². The molecule has 0 amide bonds. The zero-order valence-electron chi connectivity index (χ0n) is 11.6. The van der Waals surface area contributed by atoms with E-state index in [1.54, 1.807) is 18.2 Å². The summed E-state index contributed by atoms with van der Waals surface area (Å²) in [5, 5.41) is 11.3. The van der Waals surface area contributed by atoms with Crippen LogP contribution in [0.4, 0.5) is 11.4 Å². The second-order valence-corrected chi connectivity index (χ2v) is 5.01. The molecule has 0 aliphatic carbocycles. The Morgan fingerprint density at radius 3 is 2.53 bits per heavy atom. The van der Waals surface area contributed by atoms with Gasteiger partial charge in [-0.1, -0.05) is 17.7 Å². The van der Waals surface area contributed by atoms with Crippen molar-refractivity contribution < 1.29 is 4.92 Å². The van der Waals surface area contributed by atoms with Crippen LogP contribution < -0.4 is 4.90 Å². The standard InChI is InChI=1S/C13H20ClN3O2/c1-4-16(10-6-9-15(2)3)12-8-5-7-11(14)13(12)17(18)19/h5,7-8H,4,6,9-10H2,1-3H3. The smallest absolute Gasteiger partial charge is 0.310 e. The molecular weight excluding hydrogens is 266 g/mol. The van der Waals surface area contributed by atoms with Gasteiger partial charge in [0.25, 0.3) is 0 Å². The van der Waals surface area contributed by atoms with Gasteiger partial charge < -0.3 is 9.80 Å². The summed E-state index contributed by atoms with van der Waals surface area (Å²) >= 11 is 5.93. The average Bonchev–Trinajstić information content (AvgIpc) is 2.33. The lowest BCUT2D eigenvalue weighted by molar-refractivity contribution is -0.384. The van der Waals surface area contributed by atoms with E-state index in [2.05, 4.69) is 4.90 Å². The molecule has 0 atom stereocenters. The fourth-order valence-electron chi connectivity index (χ4n) is 1.97. The maximum atomic E-state index is 11.1. The molecule has 0 unspecified atom stereocenters. The van der Waals surface area contributed by atoms with Crippen LogP contribution in [0.5, 0.6) is 0 Å². The molecule has 1 aromatic rings. The second kappa shape index (κ2) is 7.31. The Morgan fingerprint density at radius 2 is 2.00 bits per heavy atom. The highest BCUT2D eigenvalue weighted by molar-refractivity contribution is 6.33. The van der Waals surface area contributed by atoms with E-state index in [0.29, 0.717) is 12.2 Å². The Balaban J connectivity index is 2.92. The predicted molar refractivity (Wildman–Crippen MR) is 79.2 cm³/mol. The van der Waals surface area contributed by atoms with Crippen LogP contribution in [0.1, 0.15) is 13.3 Å². The van der Waals surface area contributed by atoms with Crippen molar-refractivity contribution in [3.05, 3.63) is 33.3 Å². The molecule has 1 aromatic carbocycles. The quantitative estimate of drug-likeness (QED) is 0.571. The second-order valence-electron chi connectivity index (χ2n) is 4.60. The summed E-state index contributed by atoms with van der Waals surface area (Å²) in [6.07, 6.45) is 0.949. The minimum atomic E-state index is -0.410. The van der Waals surface area contributed by atoms with E-state index in [0.717, 1.165) is 19.5 Å². The molecular formula is C13H20ClN3O2. The molecule has 5 nitrogen and oxygen atoms in total. The number of benzene rings is 1. The van der Waals surface area contributed by atoms with Crippen molar-refractivity contribution in [2.24, 2.45) is 0 Å². The van der Waals surface area contributed by atoms with Crippen molar-refractivity contribution in [3.8, 4) is 0 Å². The van der Waals surface area contributed by atoms with Gasteiger partial charge in [0.15, 0.2) is 0 Å². The van der Waals surface area contributed by atoms with Crippen LogP contribution in [0.25, 0.3) is 0 Å². The van der Waals surface area contributed by atoms with Crippen molar-refractivity contribution in [1.82, 2.24) is 4.90 Å². The fourth-order valence-corrected chi connectivity index (χ4v) is 2.21. The first-order valence-electron chi connectivity index (χ1n) is 6.30. The normalized spacial score (nSPS) is 10.8. The molecule has 106 valence electrons. The van der Waals surface area contributed by atoms with Crippen LogP contribution in [0, 0.1) is 10.1 Å². The minimum Gasteiger partial charge on any atom is -0.366 e. The number of nitro benzene ring substituents is 1. The Kier molecular flexibility index (Phi) is 6.05. The first-order chi connectivity index (χ1) is 8.97. The summed E-state index contributed by atoms with van der Waals surface area (Å²) < 4.78 is 0. The molecule has 19 heavy (non-hydrogen) atoms. The highest BCUT2D eigenvalue weighted by atomic mass is 35.5. The highest BCUT2D eigenvalue weighted by Crippen LogP contribution is 2.34. The van der Waals surface area contributed by atoms with Crippen LogP contribution in [-0.2, 0) is 0 Å². The van der Waals surface area contributed by atoms with E-state index in [4.69, 9.17) is 11.6 Å². The number of hydrogen-bond acceptors (Lipinski definition) is 4. The molecule has 0 aromatic heterocycles. The molecule has 0 fully saturated rings.